The van der Waals surface area contributed by atoms with Gasteiger partial charge < -0.3 is 9.64 Å². The van der Waals surface area contributed by atoms with E-state index in [4.69, 9.17) is 16.3 Å². The molecular formula is C16H20ClNO. The third-order valence-electron chi connectivity index (χ3n) is 5.17. The Morgan fingerprint density at radius 3 is 2.68 bits per heavy atom. The van der Waals surface area contributed by atoms with E-state index >= 15 is 0 Å². The number of likely N-dealkylation sites (tertiary alicyclic amines) is 1. The summed E-state index contributed by atoms with van der Waals surface area (Å²) in [7, 11) is 0. The number of fused-ring (bicyclic) bond motifs is 1. The quantitative estimate of drug-likeness (QED) is 0.777. The Morgan fingerprint density at radius 1 is 1.21 bits per heavy atom. The molecule has 19 heavy (non-hydrogen) atoms. The lowest BCUT2D eigenvalue weighted by Gasteiger charge is -2.45. The van der Waals surface area contributed by atoms with Gasteiger partial charge in [-0.3, -0.25) is 0 Å². The van der Waals surface area contributed by atoms with Crippen molar-refractivity contribution < 1.29 is 4.74 Å². The summed E-state index contributed by atoms with van der Waals surface area (Å²) in [5, 5.41) is 0.780. The van der Waals surface area contributed by atoms with Gasteiger partial charge in [-0.25, -0.2) is 0 Å². The minimum absolute atomic E-state index is 0.0628. The SMILES string of the molecule is Clc1ccc2c(c1)OC1(CCN(C3CCC3)CC1)C2. The third kappa shape index (κ3) is 2.05. The van der Waals surface area contributed by atoms with Crippen LogP contribution in [0.1, 0.15) is 37.7 Å². The topological polar surface area (TPSA) is 12.5 Å². The van der Waals surface area contributed by atoms with Gasteiger partial charge in [-0.05, 0) is 30.5 Å². The van der Waals surface area contributed by atoms with Crippen molar-refractivity contribution >= 4 is 11.6 Å². The van der Waals surface area contributed by atoms with Crippen LogP contribution in [-0.2, 0) is 6.42 Å². The van der Waals surface area contributed by atoms with Gasteiger partial charge in [0, 0.05) is 43.4 Å². The summed E-state index contributed by atoms with van der Waals surface area (Å²) in [6.07, 6.45) is 7.63. The molecule has 3 aliphatic rings. The zero-order valence-corrected chi connectivity index (χ0v) is 12.0. The zero-order chi connectivity index (χ0) is 12.9. The molecule has 2 heterocycles. The first kappa shape index (κ1) is 12.0. The van der Waals surface area contributed by atoms with Crippen LogP contribution in [0.4, 0.5) is 0 Å². The first-order chi connectivity index (χ1) is 9.24. The van der Waals surface area contributed by atoms with E-state index in [2.05, 4.69) is 11.0 Å². The van der Waals surface area contributed by atoms with E-state index in [1.165, 1.54) is 37.9 Å². The largest absolute Gasteiger partial charge is 0.486 e. The molecule has 3 heteroatoms. The van der Waals surface area contributed by atoms with Crippen molar-refractivity contribution in [2.45, 2.75) is 50.2 Å². The van der Waals surface area contributed by atoms with Gasteiger partial charge in [0.05, 0.1) is 0 Å². The fourth-order valence-corrected chi connectivity index (χ4v) is 3.88. The molecular weight excluding hydrogens is 258 g/mol. The Labute approximate surface area is 119 Å². The van der Waals surface area contributed by atoms with E-state index < -0.39 is 0 Å². The minimum atomic E-state index is 0.0628. The van der Waals surface area contributed by atoms with Crippen LogP contribution < -0.4 is 4.74 Å². The first-order valence-corrected chi connectivity index (χ1v) is 7.83. The molecule has 1 saturated heterocycles. The second-order valence-electron chi connectivity index (χ2n) is 6.33. The fourth-order valence-electron chi connectivity index (χ4n) is 3.71. The van der Waals surface area contributed by atoms with Crippen molar-refractivity contribution in [2.24, 2.45) is 0 Å². The predicted octanol–water partition coefficient (Wildman–Crippen LogP) is 3.66. The van der Waals surface area contributed by atoms with Gasteiger partial charge in [-0.1, -0.05) is 24.1 Å². The molecule has 0 unspecified atom stereocenters. The number of hydrogen-bond donors (Lipinski definition) is 0. The average molecular weight is 278 g/mol. The average Bonchev–Trinajstić information content (AvgIpc) is 2.67. The molecule has 0 radical (unpaired) electrons. The minimum Gasteiger partial charge on any atom is -0.486 e. The van der Waals surface area contributed by atoms with E-state index in [1.54, 1.807) is 0 Å². The maximum absolute atomic E-state index is 6.28. The number of halogens is 1. The molecule has 102 valence electrons. The Morgan fingerprint density at radius 2 is 2.00 bits per heavy atom. The lowest BCUT2D eigenvalue weighted by Crippen LogP contribution is -2.52. The fraction of sp³-hybridized carbons (Fsp3) is 0.625. The molecule has 1 saturated carbocycles. The normalized spacial score (nSPS) is 25.9. The smallest absolute Gasteiger partial charge is 0.124 e. The maximum Gasteiger partial charge on any atom is 0.124 e. The molecule has 0 bridgehead atoms. The second kappa shape index (κ2) is 4.39. The van der Waals surface area contributed by atoms with E-state index in [0.717, 1.165) is 36.1 Å². The number of nitrogens with zero attached hydrogens (tertiary/aromatic N) is 1. The molecule has 1 aliphatic carbocycles. The highest BCUT2D eigenvalue weighted by Gasteiger charge is 2.43. The Hall–Kier alpha value is -0.730. The van der Waals surface area contributed by atoms with Crippen molar-refractivity contribution in [1.82, 2.24) is 4.90 Å². The van der Waals surface area contributed by atoms with Crippen LogP contribution in [0.15, 0.2) is 18.2 Å². The zero-order valence-electron chi connectivity index (χ0n) is 11.2. The van der Waals surface area contributed by atoms with Crippen molar-refractivity contribution in [3.05, 3.63) is 28.8 Å². The van der Waals surface area contributed by atoms with Gasteiger partial charge in [0.1, 0.15) is 11.4 Å². The molecule has 0 amide bonds. The number of hydrogen-bond acceptors (Lipinski definition) is 2. The summed E-state index contributed by atoms with van der Waals surface area (Å²) in [6, 6.07) is 6.96. The lowest BCUT2D eigenvalue weighted by atomic mass is 9.84. The van der Waals surface area contributed by atoms with Crippen LogP contribution in [-0.4, -0.2) is 29.6 Å². The van der Waals surface area contributed by atoms with Crippen molar-refractivity contribution in [1.29, 1.82) is 0 Å². The van der Waals surface area contributed by atoms with Crippen molar-refractivity contribution in [3.63, 3.8) is 0 Å². The molecule has 1 aromatic rings. The highest BCUT2D eigenvalue weighted by molar-refractivity contribution is 6.30. The molecule has 0 aromatic heterocycles. The standard InChI is InChI=1S/C16H20ClNO/c17-13-5-4-12-11-16(19-15(12)10-13)6-8-18(9-7-16)14-2-1-3-14/h4-5,10,14H,1-3,6-9,11H2. The number of ether oxygens (including phenoxy) is 1. The molecule has 4 rings (SSSR count). The molecule has 2 nitrogen and oxygen atoms in total. The van der Waals surface area contributed by atoms with Gasteiger partial charge in [-0.15, -0.1) is 0 Å². The summed E-state index contributed by atoms with van der Waals surface area (Å²) in [6.45, 7) is 2.40. The van der Waals surface area contributed by atoms with Gasteiger partial charge in [-0.2, -0.15) is 0 Å². The Balaban J connectivity index is 1.47. The highest BCUT2D eigenvalue weighted by atomic mass is 35.5. The van der Waals surface area contributed by atoms with Crippen molar-refractivity contribution in [3.8, 4) is 5.75 Å². The van der Waals surface area contributed by atoms with E-state index in [1.807, 2.05) is 12.1 Å². The Bertz CT molecular complexity index is 490. The molecule has 1 spiro atoms. The summed E-state index contributed by atoms with van der Waals surface area (Å²) in [4.78, 5) is 2.67. The van der Waals surface area contributed by atoms with E-state index in [0.29, 0.717) is 0 Å². The van der Waals surface area contributed by atoms with Crippen LogP contribution >= 0.6 is 11.6 Å². The predicted molar refractivity (Wildman–Crippen MR) is 77.0 cm³/mol. The van der Waals surface area contributed by atoms with Crippen molar-refractivity contribution in [2.75, 3.05) is 13.1 Å². The summed E-state index contributed by atoms with van der Waals surface area (Å²) < 4.78 is 6.28. The number of benzene rings is 1. The van der Waals surface area contributed by atoms with Gasteiger partial charge in [0.25, 0.3) is 0 Å². The maximum atomic E-state index is 6.28. The highest BCUT2D eigenvalue weighted by Crippen LogP contribution is 2.43. The summed E-state index contributed by atoms with van der Waals surface area (Å²) in [5.41, 5.74) is 1.40. The molecule has 0 N–H and O–H groups in total. The summed E-state index contributed by atoms with van der Waals surface area (Å²) >= 11 is 6.05. The summed E-state index contributed by atoms with van der Waals surface area (Å²) in [5.74, 6) is 1.02. The number of rotatable bonds is 1. The van der Waals surface area contributed by atoms with Crippen LogP contribution in [0.2, 0.25) is 5.02 Å². The van der Waals surface area contributed by atoms with Crippen LogP contribution in [0.5, 0.6) is 5.75 Å². The first-order valence-electron chi connectivity index (χ1n) is 7.46. The third-order valence-corrected chi connectivity index (χ3v) is 5.40. The van der Waals surface area contributed by atoms with Gasteiger partial charge >= 0.3 is 0 Å². The van der Waals surface area contributed by atoms with E-state index in [-0.39, 0.29) is 5.60 Å². The Kier molecular flexibility index (Phi) is 2.78. The van der Waals surface area contributed by atoms with E-state index in [9.17, 15) is 0 Å². The lowest BCUT2D eigenvalue weighted by molar-refractivity contribution is -0.00746. The van der Waals surface area contributed by atoms with Crippen LogP contribution in [0, 0.1) is 0 Å². The monoisotopic (exact) mass is 277 g/mol. The number of piperidine rings is 1. The van der Waals surface area contributed by atoms with Crippen LogP contribution in [0.25, 0.3) is 0 Å². The van der Waals surface area contributed by atoms with Gasteiger partial charge in [0.15, 0.2) is 0 Å². The molecule has 2 fully saturated rings. The molecule has 1 aromatic carbocycles. The van der Waals surface area contributed by atoms with Crippen LogP contribution in [0.3, 0.4) is 0 Å². The second-order valence-corrected chi connectivity index (χ2v) is 6.77. The van der Waals surface area contributed by atoms with Gasteiger partial charge in [0.2, 0.25) is 0 Å². The molecule has 0 atom stereocenters. The molecule has 2 aliphatic heterocycles.